The lowest BCUT2D eigenvalue weighted by Crippen LogP contribution is -2.43. The van der Waals surface area contributed by atoms with Crippen LogP contribution in [-0.4, -0.2) is 50.2 Å². The van der Waals surface area contributed by atoms with Gasteiger partial charge in [-0.15, -0.1) is 11.3 Å². The maximum Gasteiger partial charge on any atom is 0.226 e. The molecule has 1 aliphatic carbocycles. The second kappa shape index (κ2) is 8.23. The van der Waals surface area contributed by atoms with E-state index in [2.05, 4.69) is 44.2 Å². The molecule has 0 bridgehead atoms. The number of nitrogens with one attached hydrogen (secondary N) is 2. The number of aryl methyl sites for hydroxylation is 1. The van der Waals surface area contributed by atoms with Gasteiger partial charge < -0.3 is 15.0 Å². The molecule has 0 saturated carbocycles. The lowest BCUT2D eigenvalue weighted by molar-refractivity contribution is -0.138. The van der Waals surface area contributed by atoms with E-state index in [1.54, 1.807) is 31.0 Å². The van der Waals surface area contributed by atoms with Crippen LogP contribution in [0.2, 0.25) is 0 Å². The number of methoxy groups -OCH3 is 1. The summed E-state index contributed by atoms with van der Waals surface area (Å²) in [7, 11) is 1.66. The number of hydrogen-bond donors (Lipinski definition) is 2. The number of amides is 1. The van der Waals surface area contributed by atoms with Gasteiger partial charge in [0.25, 0.3) is 0 Å². The molecule has 6 rings (SSSR count). The topological polar surface area (TPSA) is 96.0 Å². The zero-order valence-electron chi connectivity index (χ0n) is 19.6. The standard InChI is InChI=1S/C25H28N6O2S/c1-13-4-5-14(2)31(13)25(32)15-6-7-17-21(9-15)34-24-22(17)23(26-12-27-24)29-19-8-16-11-28-30-18(16)10-20(19)33-3/h8,10-15H,4-7,9H2,1-3H3,(H,28,30)(H,26,27,29)/t13-,14-,15+/m1/s1. The van der Waals surface area contributed by atoms with Crippen molar-refractivity contribution in [3.63, 3.8) is 0 Å². The Kier molecular flexibility index (Phi) is 5.17. The lowest BCUT2D eigenvalue weighted by Gasteiger charge is -2.32. The molecule has 2 aliphatic rings. The molecule has 1 fully saturated rings. The molecule has 9 heteroatoms. The molecule has 1 saturated heterocycles. The Balaban J connectivity index is 1.33. The van der Waals surface area contributed by atoms with Gasteiger partial charge in [0.2, 0.25) is 5.91 Å². The predicted molar refractivity (Wildman–Crippen MR) is 134 cm³/mol. The average Bonchev–Trinajstić information content (AvgIpc) is 3.54. The normalized spacial score (nSPS) is 22.3. The summed E-state index contributed by atoms with van der Waals surface area (Å²) in [5.74, 6) is 1.86. The highest BCUT2D eigenvalue weighted by Crippen LogP contribution is 2.42. The Bertz CT molecular complexity index is 1390. The molecule has 2 N–H and O–H groups in total. The monoisotopic (exact) mass is 476 g/mol. The largest absolute Gasteiger partial charge is 0.494 e. The Morgan fingerprint density at radius 1 is 1.21 bits per heavy atom. The van der Waals surface area contributed by atoms with Crippen molar-refractivity contribution in [2.75, 3.05) is 12.4 Å². The molecule has 176 valence electrons. The number of fused-ring (bicyclic) bond motifs is 4. The molecule has 0 spiro atoms. The third-order valence-electron chi connectivity index (χ3n) is 7.41. The van der Waals surface area contributed by atoms with Gasteiger partial charge in [0.05, 0.1) is 29.9 Å². The van der Waals surface area contributed by atoms with E-state index in [4.69, 9.17) is 4.74 Å². The fourth-order valence-corrected chi connectivity index (χ4v) is 6.89. The van der Waals surface area contributed by atoms with Gasteiger partial charge in [-0.2, -0.15) is 5.10 Å². The second-order valence-corrected chi connectivity index (χ2v) is 10.6. The molecule has 0 unspecified atom stereocenters. The van der Waals surface area contributed by atoms with Crippen molar-refractivity contribution >= 4 is 49.9 Å². The molecular weight excluding hydrogens is 448 g/mol. The Morgan fingerprint density at radius 3 is 2.82 bits per heavy atom. The minimum Gasteiger partial charge on any atom is -0.494 e. The van der Waals surface area contributed by atoms with Gasteiger partial charge in [-0.05, 0) is 57.6 Å². The molecule has 4 aromatic rings. The van der Waals surface area contributed by atoms with E-state index in [9.17, 15) is 4.79 Å². The van der Waals surface area contributed by atoms with E-state index in [1.807, 2.05) is 12.1 Å². The van der Waals surface area contributed by atoms with Crippen LogP contribution in [0.5, 0.6) is 5.75 Å². The van der Waals surface area contributed by atoms with E-state index < -0.39 is 0 Å². The number of ether oxygens (including phenoxy) is 1. The molecule has 3 atom stereocenters. The summed E-state index contributed by atoms with van der Waals surface area (Å²) < 4.78 is 5.61. The number of aromatic amines is 1. The number of carbonyl (C=O) groups excluding carboxylic acids is 1. The summed E-state index contributed by atoms with van der Waals surface area (Å²) in [5.41, 5.74) is 3.02. The number of anilines is 2. The molecule has 0 radical (unpaired) electrons. The van der Waals surface area contributed by atoms with Crippen molar-refractivity contribution in [2.24, 2.45) is 5.92 Å². The molecule has 4 heterocycles. The van der Waals surface area contributed by atoms with Crippen LogP contribution in [-0.2, 0) is 17.6 Å². The lowest BCUT2D eigenvalue weighted by atomic mass is 9.86. The average molecular weight is 477 g/mol. The van der Waals surface area contributed by atoms with Gasteiger partial charge in [0.1, 0.15) is 22.7 Å². The molecule has 8 nitrogen and oxygen atoms in total. The number of aromatic nitrogens is 4. The van der Waals surface area contributed by atoms with Crippen LogP contribution < -0.4 is 10.1 Å². The number of thiophene rings is 1. The minimum absolute atomic E-state index is 0.0523. The number of hydrogen-bond acceptors (Lipinski definition) is 7. The Labute approximate surface area is 201 Å². The Morgan fingerprint density at radius 2 is 2.03 bits per heavy atom. The summed E-state index contributed by atoms with van der Waals surface area (Å²) in [5, 5.41) is 12.6. The highest BCUT2D eigenvalue weighted by atomic mass is 32.1. The van der Waals surface area contributed by atoms with Crippen molar-refractivity contribution in [3.05, 3.63) is 35.1 Å². The molecule has 3 aromatic heterocycles. The molecular formula is C25H28N6O2S. The van der Waals surface area contributed by atoms with Gasteiger partial charge in [0.15, 0.2) is 0 Å². The van der Waals surface area contributed by atoms with E-state index in [-0.39, 0.29) is 5.92 Å². The third kappa shape index (κ3) is 3.41. The number of carbonyl (C=O) groups is 1. The first-order valence-electron chi connectivity index (χ1n) is 11.9. The smallest absolute Gasteiger partial charge is 0.226 e. The van der Waals surface area contributed by atoms with Crippen LogP contribution >= 0.6 is 11.3 Å². The predicted octanol–water partition coefficient (Wildman–Crippen LogP) is 4.82. The van der Waals surface area contributed by atoms with Crippen LogP contribution in [0.15, 0.2) is 24.7 Å². The van der Waals surface area contributed by atoms with Crippen LogP contribution in [0, 0.1) is 5.92 Å². The summed E-state index contributed by atoms with van der Waals surface area (Å²) in [4.78, 5) is 26.9. The van der Waals surface area contributed by atoms with Crippen molar-refractivity contribution < 1.29 is 9.53 Å². The van der Waals surface area contributed by atoms with E-state index in [0.29, 0.717) is 23.7 Å². The number of H-pyrrole nitrogens is 1. The van der Waals surface area contributed by atoms with Crippen molar-refractivity contribution in [1.29, 1.82) is 0 Å². The molecule has 1 aromatic carbocycles. The maximum atomic E-state index is 13.4. The third-order valence-corrected chi connectivity index (χ3v) is 8.58. The maximum absolute atomic E-state index is 13.4. The second-order valence-electron chi connectivity index (χ2n) is 9.50. The van der Waals surface area contributed by atoms with E-state index >= 15 is 0 Å². The van der Waals surface area contributed by atoms with Crippen molar-refractivity contribution in [3.8, 4) is 5.75 Å². The van der Waals surface area contributed by atoms with Gasteiger partial charge in [-0.3, -0.25) is 9.89 Å². The van der Waals surface area contributed by atoms with Crippen LogP contribution in [0.3, 0.4) is 0 Å². The van der Waals surface area contributed by atoms with Gasteiger partial charge in [-0.1, -0.05) is 0 Å². The number of nitrogens with zero attached hydrogens (tertiary/aromatic N) is 4. The van der Waals surface area contributed by atoms with Crippen molar-refractivity contribution in [2.45, 2.75) is 58.0 Å². The zero-order valence-corrected chi connectivity index (χ0v) is 20.4. The first-order chi connectivity index (χ1) is 16.5. The van der Waals surface area contributed by atoms with Crippen LogP contribution in [0.1, 0.15) is 43.6 Å². The first kappa shape index (κ1) is 21.3. The van der Waals surface area contributed by atoms with E-state index in [0.717, 1.165) is 64.7 Å². The summed E-state index contributed by atoms with van der Waals surface area (Å²) in [6, 6.07) is 4.63. The summed E-state index contributed by atoms with van der Waals surface area (Å²) in [6.07, 6.45) is 8.12. The van der Waals surface area contributed by atoms with E-state index in [1.165, 1.54) is 10.4 Å². The van der Waals surface area contributed by atoms with Gasteiger partial charge in [-0.25, -0.2) is 9.97 Å². The SMILES string of the molecule is COc1cc2[nH]ncc2cc1Nc1ncnc2sc3c(c12)CC[C@H](C(=O)N1[C@H](C)CC[C@H]1C)C3. The fourth-order valence-electron chi connectivity index (χ4n) is 5.62. The fraction of sp³-hybridized carbons (Fsp3) is 0.440. The van der Waals surface area contributed by atoms with Crippen molar-refractivity contribution in [1.82, 2.24) is 25.1 Å². The number of rotatable bonds is 4. The van der Waals surface area contributed by atoms with Crippen LogP contribution in [0.25, 0.3) is 21.1 Å². The van der Waals surface area contributed by atoms with Crippen LogP contribution in [0.4, 0.5) is 11.5 Å². The first-order valence-corrected chi connectivity index (χ1v) is 12.7. The minimum atomic E-state index is 0.0523. The zero-order chi connectivity index (χ0) is 23.4. The van der Waals surface area contributed by atoms with Gasteiger partial charge in [0, 0.05) is 34.3 Å². The highest BCUT2D eigenvalue weighted by molar-refractivity contribution is 7.19. The molecule has 1 aliphatic heterocycles. The quantitative estimate of drug-likeness (QED) is 0.438. The summed E-state index contributed by atoms with van der Waals surface area (Å²) in [6.45, 7) is 4.36. The Hall–Kier alpha value is -3.20. The molecule has 34 heavy (non-hydrogen) atoms. The summed E-state index contributed by atoms with van der Waals surface area (Å²) >= 11 is 1.70. The number of benzene rings is 1. The van der Waals surface area contributed by atoms with Gasteiger partial charge >= 0.3 is 0 Å². The molecule has 1 amide bonds. The highest BCUT2D eigenvalue weighted by Gasteiger charge is 2.37. The number of likely N-dealkylation sites (tertiary alicyclic amines) is 1.